The van der Waals surface area contributed by atoms with E-state index in [0.29, 0.717) is 16.9 Å². The molecule has 1 amide bonds. The van der Waals surface area contributed by atoms with Gasteiger partial charge in [0, 0.05) is 5.56 Å². The van der Waals surface area contributed by atoms with E-state index in [1.807, 2.05) is 19.1 Å². The van der Waals surface area contributed by atoms with E-state index in [-0.39, 0.29) is 16.5 Å². The molecule has 1 aromatic heterocycles. The van der Waals surface area contributed by atoms with Crippen LogP contribution in [0.2, 0.25) is 0 Å². The van der Waals surface area contributed by atoms with Gasteiger partial charge in [-0.2, -0.15) is 0 Å². The molecule has 2 aromatic carbocycles. The van der Waals surface area contributed by atoms with Gasteiger partial charge in [-0.05, 0) is 24.6 Å². The van der Waals surface area contributed by atoms with Gasteiger partial charge in [-0.1, -0.05) is 53.3 Å². The number of aliphatic hydroxyl groups is 1. The van der Waals surface area contributed by atoms with Crippen molar-refractivity contribution in [1.29, 1.82) is 0 Å². The van der Waals surface area contributed by atoms with Gasteiger partial charge in [0.1, 0.15) is 17.0 Å². The minimum atomic E-state index is -0.824. The van der Waals surface area contributed by atoms with E-state index in [9.17, 15) is 14.7 Å². The first kappa shape index (κ1) is 18.8. The van der Waals surface area contributed by atoms with Gasteiger partial charge in [-0.3, -0.25) is 14.5 Å². The summed E-state index contributed by atoms with van der Waals surface area (Å²) in [6.07, 6.45) is 0. The van der Waals surface area contributed by atoms with Crippen molar-refractivity contribution in [2.24, 2.45) is 0 Å². The minimum Gasteiger partial charge on any atom is -0.507 e. The molecule has 0 saturated carbocycles. The van der Waals surface area contributed by atoms with Gasteiger partial charge in [0.15, 0.2) is 0 Å². The average molecular weight is 407 g/mol. The number of anilines is 1. The van der Waals surface area contributed by atoms with E-state index in [4.69, 9.17) is 4.74 Å². The molecule has 0 bridgehead atoms. The molecule has 1 aliphatic heterocycles. The molecule has 1 N–H and O–H groups in total. The highest BCUT2D eigenvalue weighted by atomic mass is 32.1. The largest absolute Gasteiger partial charge is 0.507 e. The van der Waals surface area contributed by atoms with Crippen LogP contribution in [0.15, 0.2) is 59.6 Å². The molecule has 0 spiro atoms. The predicted molar refractivity (Wildman–Crippen MR) is 109 cm³/mol. The Labute approximate surface area is 170 Å². The van der Waals surface area contributed by atoms with Crippen LogP contribution in [-0.4, -0.2) is 34.1 Å². The molecule has 1 aliphatic rings. The van der Waals surface area contributed by atoms with Crippen LogP contribution in [0.5, 0.6) is 5.75 Å². The summed E-state index contributed by atoms with van der Waals surface area (Å²) in [6.45, 7) is 1.93. The summed E-state index contributed by atoms with van der Waals surface area (Å²) >= 11 is 1.15. The van der Waals surface area contributed by atoms with Gasteiger partial charge in [0.2, 0.25) is 5.13 Å². The summed E-state index contributed by atoms with van der Waals surface area (Å²) in [5, 5.41) is 19.0. The number of hydrogen-bond donors (Lipinski definition) is 1. The fourth-order valence-corrected chi connectivity index (χ4v) is 3.86. The fourth-order valence-electron chi connectivity index (χ4n) is 3.27. The molecule has 0 radical (unpaired) electrons. The van der Waals surface area contributed by atoms with E-state index in [1.54, 1.807) is 43.5 Å². The Morgan fingerprint density at radius 2 is 1.79 bits per heavy atom. The molecular formula is C21H17N3O4S. The van der Waals surface area contributed by atoms with E-state index in [2.05, 4.69) is 10.2 Å². The van der Waals surface area contributed by atoms with Crippen molar-refractivity contribution < 1.29 is 19.4 Å². The first-order chi connectivity index (χ1) is 14.0. The number of aromatic nitrogens is 2. The number of rotatable bonds is 4. The molecular weight excluding hydrogens is 390 g/mol. The Bertz CT molecular complexity index is 1090. The van der Waals surface area contributed by atoms with Crippen LogP contribution in [-0.2, 0) is 9.59 Å². The molecule has 8 heteroatoms. The highest BCUT2D eigenvalue weighted by Gasteiger charge is 2.48. The van der Waals surface area contributed by atoms with Gasteiger partial charge in [-0.25, -0.2) is 0 Å². The molecule has 7 nitrogen and oxygen atoms in total. The standard InChI is InChI=1S/C21H17N3O4S/c1-12-3-5-14(6-4-12)18(25)16-17(13-7-9-15(28-2)10-8-13)24(20(27)19(16)26)21-23-22-11-29-21/h3-11,17,25H,1-2H3/b18-16+/t17-/m0/s1. The molecule has 4 rings (SSSR count). The van der Waals surface area contributed by atoms with Gasteiger partial charge in [-0.15, -0.1) is 10.2 Å². The SMILES string of the molecule is COc1ccc([C@H]2/C(=C(\O)c3ccc(C)cc3)C(=O)C(=O)N2c2nncs2)cc1. The summed E-state index contributed by atoms with van der Waals surface area (Å²) < 4.78 is 5.20. The van der Waals surface area contributed by atoms with Crippen LogP contribution in [0.25, 0.3) is 5.76 Å². The molecule has 29 heavy (non-hydrogen) atoms. The van der Waals surface area contributed by atoms with Crippen molar-refractivity contribution in [2.45, 2.75) is 13.0 Å². The Balaban J connectivity index is 1.91. The van der Waals surface area contributed by atoms with Crippen LogP contribution < -0.4 is 9.64 Å². The van der Waals surface area contributed by atoms with Crippen LogP contribution in [0, 0.1) is 6.92 Å². The summed E-state index contributed by atoms with van der Waals surface area (Å²) in [6, 6.07) is 13.3. The Morgan fingerprint density at radius 3 is 2.38 bits per heavy atom. The van der Waals surface area contributed by atoms with E-state index in [1.165, 1.54) is 10.4 Å². The third-order valence-corrected chi connectivity index (χ3v) is 5.44. The predicted octanol–water partition coefficient (Wildman–Crippen LogP) is 3.48. The zero-order valence-corrected chi connectivity index (χ0v) is 16.5. The number of carbonyl (C=O) groups is 2. The highest BCUT2D eigenvalue weighted by Crippen LogP contribution is 2.42. The first-order valence-electron chi connectivity index (χ1n) is 8.79. The maximum atomic E-state index is 12.9. The maximum absolute atomic E-state index is 12.9. The number of ketones is 1. The van der Waals surface area contributed by atoms with Crippen molar-refractivity contribution in [3.8, 4) is 5.75 Å². The second-order valence-corrected chi connectivity index (χ2v) is 7.34. The number of nitrogens with zero attached hydrogens (tertiary/aromatic N) is 3. The number of benzene rings is 2. The smallest absolute Gasteiger partial charge is 0.301 e. The zero-order chi connectivity index (χ0) is 20.5. The Morgan fingerprint density at radius 1 is 1.10 bits per heavy atom. The number of hydrogen-bond acceptors (Lipinski definition) is 7. The second kappa shape index (κ2) is 7.48. The average Bonchev–Trinajstić information content (AvgIpc) is 3.35. The third kappa shape index (κ3) is 3.27. The monoisotopic (exact) mass is 407 g/mol. The van der Waals surface area contributed by atoms with Crippen molar-refractivity contribution in [1.82, 2.24) is 10.2 Å². The lowest BCUT2D eigenvalue weighted by molar-refractivity contribution is -0.132. The number of methoxy groups -OCH3 is 1. The summed E-state index contributed by atoms with van der Waals surface area (Å²) in [5.74, 6) is -1.10. The summed E-state index contributed by atoms with van der Waals surface area (Å²) in [4.78, 5) is 27.1. The van der Waals surface area contributed by atoms with Crippen LogP contribution >= 0.6 is 11.3 Å². The van der Waals surface area contributed by atoms with Crippen LogP contribution in [0.4, 0.5) is 5.13 Å². The van der Waals surface area contributed by atoms with E-state index < -0.39 is 17.7 Å². The molecule has 2 heterocycles. The number of Topliss-reactive ketones (excluding diaryl/α,β-unsaturated/α-hetero) is 1. The van der Waals surface area contributed by atoms with E-state index in [0.717, 1.165) is 16.9 Å². The van der Waals surface area contributed by atoms with Crippen LogP contribution in [0.3, 0.4) is 0 Å². The van der Waals surface area contributed by atoms with Crippen molar-refractivity contribution >= 4 is 33.9 Å². The lowest BCUT2D eigenvalue weighted by atomic mass is 9.95. The van der Waals surface area contributed by atoms with Crippen molar-refractivity contribution in [2.75, 3.05) is 12.0 Å². The first-order valence-corrected chi connectivity index (χ1v) is 9.67. The fraction of sp³-hybridized carbons (Fsp3) is 0.143. The molecule has 1 atom stereocenters. The summed E-state index contributed by atoms with van der Waals surface area (Å²) in [7, 11) is 1.56. The summed E-state index contributed by atoms with van der Waals surface area (Å²) in [5.41, 5.74) is 3.62. The molecule has 1 saturated heterocycles. The quantitative estimate of drug-likeness (QED) is 0.404. The number of aryl methyl sites for hydroxylation is 1. The van der Waals surface area contributed by atoms with E-state index >= 15 is 0 Å². The van der Waals surface area contributed by atoms with Gasteiger partial charge in [0.05, 0.1) is 18.7 Å². The zero-order valence-electron chi connectivity index (χ0n) is 15.7. The van der Waals surface area contributed by atoms with Gasteiger partial charge in [0.25, 0.3) is 5.78 Å². The molecule has 0 unspecified atom stereocenters. The lowest BCUT2D eigenvalue weighted by Crippen LogP contribution is -2.29. The Kier molecular flexibility index (Phi) is 4.85. The number of amides is 1. The number of ether oxygens (including phenoxy) is 1. The molecule has 3 aromatic rings. The normalized spacial score (nSPS) is 18.3. The maximum Gasteiger partial charge on any atom is 0.301 e. The van der Waals surface area contributed by atoms with Crippen molar-refractivity contribution in [3.63, 3.8) is 0 Å². The topological polar surface area (TPSA) is 92.6 Å². The molecule has 1 fully saturated rings. The number of carbonyl (C=O) groups excluding carboxylic acids is 2. The minimum absolute atomic E-state index is 0.0132. The van der Waals surface area contributed by atoms with Gasteiger partial charge >= 0.3 is 5.91 Å². The number of aliphatic hydroxyl groups excluding tert-OH is 1. The van der Waals surface area contributed by atoms with Crippen LogP contribution in [0.1, 0.15) is 22.7 Å². The molecule has 0 aliphatic carbocycles. The second-order valence-electron chi connectivity index (χ2n) is 6.53. The van der Waals surface area contributed by atoms with Crippen molar-refractivity contribution in [3.05, 3.63) is 76.3 Å². The Hall–Kier alpha value is -3.52. The lowest BCUT2D eigenvalue weighted by Gasteiger charge is -2.22. The van der Waals surface area contributed by atoms with Gasteiger partial charge < -0.3 is 9.84 Å². The highest BCUT2D eigenvalue weighted by molar-refractivity contribution is 7.13. The molecule has 146 valence electrons. The third-order valence-electron chi connectivity index (χ3n) is 4.76.